The second kappa shape index (κ2) is 4.42. The van der Waals surface area contributed by atoms with Crippen LogP contribution in [-0.4, -0.2) is 14.2 Å². The highest BCUT2D eigenvalue weighted by Crippen LogP contribution is 2.40. The molecule has 21 heavy (non-hydrogen) atoms. The van der Waals surface area contributed by atoms with Gasteiger partial charge in [0.1, 0.15) is 11.2 Å². The number of rotatable bonds is 2. The Labute approximate surface area is 121 Å². The van der Waals surface area contributed by atoms with Crippen LogP contribution in [-0.2, 0) is 0 Å². The number of hydrogen-bond donors (Lipinski definition) is 0. The van der Waals surface area contributed by atoms with E-state index >= 15 is 0 Å². The quantitative estimate of drug-likeness (QED) is 0.530. The van der Waals surface area contributed by atoms with Crippen molar-refractivity contribution in [2.24, 2.45) is 0 Å². The van der Waals surface area contributed by atoms with Crippen LogP contribution in [0, 0.1) is 0 Å². The van der Waals surface area contributed by atoms with E-state index < -0.39 is 0 Å². The summed E-state index contributed by atoms with van der Waals surface area (Å²) in [4.78, 5) is 0. The van der Waals surface area contributed by atoms with E-state index in [0.29, 0.717) is 11.5 Å². The lowest BCUT2D eigenvalue weighted by Crippen LogP contribution is -1.89. The zero-order valence-electron chi connectivity index (χ0n) is 11.8. The average molecular weight is 278 g/mol. The summed E-state index contributed by atoms with van der Waals surface area (Å²) in [5, 5.41) is 4.53. The lowest BCUT2D eigenvalue weighted by atomic mass is 10.0. The van der Waals surface area contributed by atoms with Crippen molar-refractivity contribution >= 4 is 32.7 Å². The van der Waals surface area contributed by atoms with Crippen LogP contribution in [0.3, 0.4) is 0 Å². The number of methoxy groups -OCH3 is 2. The molecule has 4 aromatic rings. The standard InChI is InChI=1S/C18H14O3/c1-19-16-9-13-15(10-17(16)20-2)21-14-8-7-11-5-3-4-6-12(11)18(13)14/h3-10H,1-2H3. The smallest absolute Gasteiger partial charge is 0.164 e. The van der Waals surface area contributed by atoms with E-state index in [9.17, 15) is 0 Å². The minimum absolute atomic E-state index is 0.674. The Bertz CT molecular complexity index is 966. The Hall–Kier alpha value is -2.68. The van der Waals surface area contributed by atoms with E-state index in [4.69, 9.17) is 13.9 Å². The number of benzene rings is 3. The fraction of sp³-hybridized carbons (Fsp3) is 0.111. The maximum atomic E-state index is 5.97. The molecule has 4 rings (SSSR count). The van der Waals surface area contributed by atoms with Gasteiger partial charge in [-0.25, -0.2) is 0 Å². The first-order chi connectivity index (χ1) is 10.3. The summed E-state index contributed by atoms with van der Waals surface area (Å²) in [5.74, 6) is 1.38. The predicted octanol–water partition coefficient (Wildman–Crippen LogP) is 4.76. The van der Waals surface area contributed by atoms with E-state index in [-0.39, 0.29) is 0 Å². The van der Waals surface area contributed by atoms with E-state index in [1.54, 1.807) is 14.2 Å². The SMILES string of the molecule is COc1cc2oc3ccc4ccccc4c3c2cc1OC. The largest absolute Gasteiger partial charge is 0.493 e. The molecule has 1 aromatic heterocycles. The van der Waals surface area contributed by atoms with E-state index in [0.717, 1.165) is 21.9 Å². The summed E-state index contributed by atoms with van der Waals surface area (Å²) < 4.78 is 16.7. The normalized spacial score (nSPS) is 11.3. The monoisotopic (exact) mass is 278 g/mol. The van der Waals surface area contributed by atoms with Crippen LogP contribution in [0.5, 0.6) is 11.5 Å². The molecule has 0 saturated carbocycles. The summed E-state index contributed by atoms with van der Waals surface area (Å²) in [5.41, 5.74) is 1.68. The Morgan fingerprint density at radius 3 is 2.33 bits per heavy atom. The fourth-order valence-corrected chi connectivity index (χ4v) is 2.87. The van der Waals surface area contributed by atoms with Gasteiger partial charge in [0, 0.05) is 16.8 Å². The summed E-state index contributed by atoms with van der Waals surface area (Å²) in [7, 11) is 3.27. The third kappa shape index (κ3) is 1.67. The van der Waals surface area contributed by atoms with Gasteiger partial charge >= 0.3 is 0 Å². The first-order valence-corrected chi connectivity index (χ1v) is 6.78. The third-order valence-corrected chi connectivity index (χ3v) is 3.87. The minimum Gasteiger partial charge on any atom is -0.493 e. The molecule has 0 aliphatic heterocycles. The second-order valence-corrected chi connectivity index (χ2v) is 4.97. The van der Waals surface area contributed by atoms with Crippen LogP contribution >= 0.6 is 0 Å². The molecule has 3 aromatic carbocycles. The van der Waals surface area contributed by atoms with E-state index in [1.807, 2.05) is 30.3 Å². The molecule has 3 heteroatoms. The van der Waals surface area contributed by atoms with Gasteiger partial charge in [0.2, 0.25) is 0 Å². The van der Waals surface area contributed by atoms with Gasteiger partial charge in [-0.05, 0) is 22.9 Å². The first kappa shape index (κ1) is 12.1. The predicted molar refractivity (Wildman–Crippen MR) is 84.3 cm³/mol. The number of fused-ring (bicyclic) bond motifs is 5. The Morgan fingerprint density at radius 1 is 0.762 bits per heavy atom. The molecule has 0 radical (unpaired) electrons. The van der Waals surface area contributed by atoms with E-state index in [1.165, 1.54) is 10.8 Å². The van der Waals surface area contributed by atoms with Gasteiger partial charge in [-0.15, -0.1) is 0 Å². The van der Waals surface area contributed by atoms with E-state index in [2.05, 4.69) is 18.2 Å². The molecular weight excluding hydrogens is 264 g/mol. The molecule has 3 nitrogen and oxygen atoms in total. The van der Waals surface area contributed by atoms with Crippen molar-refractivity contribution in [1.29, 1.82) is 0 Å². The molecule has 0 spiro atoms. The number of furan rings is 1. The molecule has 0 fully saturated rings. The molecule has 0 bridgehead atoms. The molecule has 0 unspecified atom stereocenters. The van der Waals surface area contributed by atoms with Gasteiger partial charge in [-0.2, -0.15) is 0 Å². The van der Waals surface area contributed by atoms with Gasteiger partial charge in [0.25, 0.3) is 0 Å². The van der Waals surface area contributed by atoms with Crippen molar-refractivity contribution in [3.63, 3.8) is 0 Å². The van der Waals surface area contributed by atoms with Gasteiger partial charge in [0.15, 0.2) is 11.5 Å². The molecular formula is C18H14O3. The summed E-state index contributed by atoms with van der Waals surface area (Å²) >= 11 is 0. The maximum Gasteiger partial charge on any atom is 0.164 e. The van der Waals surface area contributed by atoms with Crippen molar-refractivity contribution in [3.05, 3.63) is 48.5 Å². The molecule has 104 valence electrons. The third-order valence-electron chi connectivity index (χ3n) is 3.87. The topological polar surface area (TPSA) is 31.6 Å². The Balaban J connectivity index is 2.21. The number of hydrogen-bond acceptors (Lipinski definition) is 3. The molecule has 1 heterocycles. The average Bonchev–Trinajstić information content (AvgIpc) is 2.91. The molecule has 0 saturated heterocycles. The summed E-state index contributed by atoms with van der Waals surface area (Å²) in [6, 6.07) is 16.2. The van der Waals surface area contributed by atoms with Crippen molar-refractivity contribution in [3.8, 4) is 11.5 Å². The molecule has 0 N–H and O–H groups in total. The summed E-state index contributed by atoms with van der Waals surface area (Å²) in [6.45, 7) is 0. The highest BCUT2D eigenvalue weighted by atomic mass is 16.5. The highest BCUT2D eigenvalue weighted by Gasteiger charge is 2.14. The highest BCUT2D eigenvalue weighted by molar-refractivity contribution is 6.19. The van der Waals surface area contributed by atoms with Gasteiger partial charge < -0.3 is 13.9 Å². The van der Waals surface area contributed by atoms with Crippen molar-refractivity contribution in [2.45, 2.75) is 0 Å². The van der Waals surface area contributed by atoms with Crippen LogP contribution in [0.15, 0.2) is 52.9 Å². The van der Waals surface area contributed by atoms with Crippen LogP contribution in [0.4, 0.5) is 0 Å². The van der Waals surface area contributed by atoms with Crippen molar-refractivity contribution < 1.29 is 13.9 Å². The Kier molecular flexibility index (Phi) is 2.54. The summed E-state index contributed by atoms with van der Waals surface area (Å²) in [6.07, 6.45) is 0. The lowest BCUT2D eigenvalue weighted by Gasteiger charge is -2.06. The second-order valence-electron chi connectivity index (χ2n) is 4.97. The zero-order chi connectivity index (χ0) is 14.4. The molecule has 0 amide bonds. The molecule has 0 atom stereocenters. The van der Waals surface area contributed by atoms with Gasteiger partial charge in [-0.3, -0.25) is 0 Å². The molecule has 0 aliphatic carbocycles. The van der Waals surface area contributed by atoms with Crippen molar-refractivity contribution in [1.82, 2.24) is 0 Å². The zero-order valence-corrected chi connectivity index (χ0v) is 11.8. The maximum absolute atomic E-state index is 5.97. The number of ether oxygens (including phenoxy) is 2. The van der Waals surface area contributed by atoms with Crippen LogP contribution < -0.4 is 9.47 Å². The minimum atomic E-state index is 0.674. The first-order valence-electron chi connectivity index (χ1n) is 6.78. The van der Waals surface area contributed by atoms with Crippen LogP contribution in [0.25, 0.3) is 32.7 Å². The lowest BCUT2D eigenvalue weighted by molar-refractivity contribution is 0.355. The Morgan fingerprint density at radius 2 is 1.52 bits per heavy atom. The van der Waals surface area contributed by atoms with Gasteiger partial charge in [-0.1, -0.05) is 30.3 Å². The van der Waals surface area contributed by atoms with Crippen LogP contribution in [0.1, 0.15) is 0 Å². The van der Waals surface area contributed by atoms with Crippen molar-refractivity contribution in [2.75, 3.05) is 14.2 Å². The van der Waals surface area contributed by atoms with Crippen LogP contribution in [0.2, 0.25) is 0 Å². The molecule has 0 aliphatic rings. The fourth-order valence-electron chi connectivity index (χ4n) is 2.87. The van der Waals surface area contributed by atoms with Gasteiger partial charge in [0.05, 0.1) is 14.2 Å².